The molecule has 94 valence electrons. The standard InChI is InChI=1S/C15H13N3O/c1-19-13-9-5-3-7-11(13)15-17-12-8-4-2-6-10(12)14(16)18-15/h2-9H,1H3,(H2,16,17,18). The van der Waals surface area contributed by atoms with Crippen molar-refractivity contribution in [2.45, 2.75) is 0 Å². The predicted molar refractivity (Wildman–Crippen MR) is 75.9 cm³/mol. The van der Waals surface area contributed by atoms with Crippen LogP contribution in [0.25, 0.3) is 22.3 Å². The highest BCUT2D eigenvalue weighted by Gasteiger charge is 2.10. The third-order valence-corrected chi connectivity index (χ3v) is 2.98. The summed E-state index contributed by atoms with van der Waals surface area (Å²) in [6.45, 7) is 0. The maximum Gasteiger partial charge on any atom is 0.165 e. The number of fused-ring (bicyclic) bond motifs is 1. The van der Waals surface area contributed by atoms with Crippen LogP contribution in [0.1, 0.15) is 0 Å². The van der Waals surface area contributed by atoms with Gasteiger partial charge in [-0.2, -0.15) is 0 Å². The summed E-state index contributed by atoms with van der Waals surface area (Å²) in [4.78, 5) is 8.91. The zero-order valence-corrected chi connectivity index (χ0v) is 10.5. The first-order valence-corrected chi connectivity index (χ1v) is 5.95. The predicted octanol–water partition coefficient (Wildman–Crippen LogP) is 2.89. The van der Waals surface area contributed by atoms with E-state index in [1.165, 1.54) is 0 Å². The summed E-state index contributed by atoms with van der Waals surface area (Å²) in [5.41, 5.74) is 7.66. The summed E-state index contributed by atoms with van der Waals surface area (Å²) >= 11 is 0. The summed E-state index contributed by atoms with van der Waals surface area (Å²) in [7, 11) is 1.63. The van der Waals surface area contributed by atoms with Crippen LogP contribution in [0.3, 0.4) is 0 Å². The molecule has 0 atom stereocenters. The average molecular weight is 251 g/mol. The number of nitrogens with zero attached hydrogens (tertiary/aromatic N) is 2. The Morgan fingerprint density at radius 1 is 0.947 bits per heavy atom. The number of rotatable bonds is 2. The minimum Gasteiger partial charge on any atom is -0.496 e. The van der Waals surface area contributed by atoms with Gasteiger partial charge < -0.3 is 10.5 Å². The quantitative estimate of drug-likeness (QED) is 0.760. The van der Waals surface area contributed by atoms with E-state index in [1.807, 2.05) is 48.5 Å². The van der Waals surface area contributed by atoms with Gasteiger partial charge in [0.15, 0.2) is 5.82 Å². The molecule has 0 fully saturated rings. The van der Waals surface area contributed by atoms with Crippen molar-refractivity contribution < 1.29 is 4.74 Å². The lowest BCUT2D eigenvalue weighted by Gasteiger charge is -2.08. The summed E-state index contributed by atoms with van der Waals surface area (Å²) in [6, 6.07) is 15.3. The molecule has 4 nitrogen and oxygen atoms in total. The Morgan fingerprint density at radius 3 is 2.53 bits per heavy atom. The zero-order chi connectivity index (χ0) is 13.2. The van der Waals surface area contributed by atoms with Gasteiger partial charge in [0.1, 0.15) is 11.6 Å². The molecule has 0 aliphatic carbocycles. The minimum absolute atomic E-state index is 0.478. The monoisotopic (exact) mass is 251 g/mol. The fraction of sp³-hybridized carbons (Fsp3) is 0.0667. The number of hydrogen-bond donors (Lipinski definition) is 1. The summed E-state index contributed by atoms with van der Waals surface area (Å²) in [6.07, 6.45) is 0. The Morgan fingerprint density at radius 2 is 1.68 bits per heavy atom. The number of para-hydroxylation sites is 2. The topological polar surface area (TPSA) is 61.0 Å². The van der Waals surface area contributed by atoms with Crippen LogP contribution in [0.5, 0.6) is 5.75 Å². The van der Waals surface area contributed by atoms with Crippen molar-refractivity contribution in [1.82, 2.24) is 9.97 Å². The van der Waals surface area contributed by atoms with Gasteiger partial charge >= 0.3 is 0 Å². The van der Waals surface area contributed by atoms with Crippen molar-refractivity contribution in [2.75, 3.05) is 12.8 Å². The lowest BCUT2D eigenvalue weighted by Crippen LogP contribution is -1.98. The van der Waals surface area contributed by atoms with E-state index < -0.39 is 0 Å². The first-order chi connectivity index (χ1) is 9.29. The number of nitrogens with two attached hydrogens (primary N) is 1. The lowest BCUT2D eigenvalue weighted by atomic mass is 10.1. The van der Waals surface area contributed by atoms with Crippen LogP contribution in [-0.4, -0.2) is 17.1 Å². The second kappa shape index (κ2) is 4.57. The number of aromatic nitrogens is 2. The Balaban J connectivity index is 2.26. The number of ether oxygens (including phenoxy) is 1. The second-order valence-corrected chi connectivity index (χ2v) is 4.15. The first kappa shape index (κ1) is 11.5. The highest BCUT2D eigenvalue weighted by atomic mass is 16.5. The molecule has 0 saturated heterocycles. The van der Waals surface area contributed by atoms with Crippen molar-refractivity contribution in [3.05, 3.63) is 48.5 Å². The maximum absolute atomic E-state index is 5.99. The van der Waals surface area contributed by atoms with Gasteiger partial charge in [0.05, 0.1) is 18.2 Å². The van der Waals surface area contributed by atoms with E-state index in [0.29, 0.717) is 11.6 Å². The van der Waals surface area contributed by atoms with Crippen LogP contribution in [0.2, 0.25) is 0 Å². The summed E-state index contributed by atoms with van der Waals surface area (Å²) in [5, 5.41) is 0.862. The van der Waals surface area contributed by atoms with Crippen molar-refractivity contribution in [1.29, 1.82) is 0 Å². The molecule has 19 heavy (non-hydrogen) atoms. The Labute approximate surface area is 110 Å². The normalized spacial score (nSPS) is 10.6. The van der Waals surface area contributed by atoms with E-state index in [9.17, 15) is 0 Å². The SMILES string of the molecule is COc1ccccc1-c1nc(N)c2ccccc2n1. The van der Waals surface area contributed by atoms with Gasteiger partial charge in [-0.05, 0) is 24.3 Å². The fourth-order valence-corrected chi connectivity index (χ4v) is 2.05. The van der Waals surface area contributed by atoms with Crippen molar-refractivity contribution >= 4 is 16.7 Å². The smallest absolute Gasteiger partial charge is 0.165 e. The minimum atomic E-state index is 0.478. The van der Waals surface area contributed by atoms with Crippen LogP contribution in [-0.2, 0) is 0 Å². The molecule has 0 saturated carbocycles. The number of hydrogen-bond acceptors (Lipinski definition) is 4. The molecular weight excluding hydrogens is 238 g/mol. The molecule has 1 heterocycles. The molecule has 0 bridgehead atoms. The van der Waals surface area contributed by atoms with E-state index >= 15 is 0 Å². The van der Waals surface area contributed by atoms with Gasteiger partial charge in [-0.15, -0.1) is 0 Å². The molecule has 3 aromatic rings. The summed E-state index contributed by atoms with van der Waals surface area (Å²) < 4.78 is 5.33. The fourth-order valence-electron chi connectivity index (χ4n) is 2.05. The van der Waals surface area contributed by atoms with Crippen molar-refractivity contribution in [2.24, 2.45) is 0 Å². The average Bonchev–Trinajstić information content (AvgIpc) is 2.47. The van der Waals surface area contributed by atoms with Crippen LogP contribution < -0.4 is 10.5 Å². The van der Waals surface area contributed by atoms with E-state index in [-0.39, 0.29) is 0 Å². The van der Waals surface area contributed by atoms with E-state index in [1.54, 1.807) is 7.11 Å². The molecule has 0 spiro atoms. The molecule has 2 N–H and O–H groups in total. The van der Waals surface area contributed by atoms with Crippen LogP contribution in [0.15, 0.2) is 48.5 Å². The Kier molecular flexibility index (Phi) is 2.76. The van der Waals surface area contributed by atoms with Gasteiger partial charge in [-0.1, -0.05) is 24.3 Å². The van der Waals surface area contributed by atoms with E-state index in [0.717, 1.165) is 22.2 Å². The Bertz CT molecular complexity index is 740. The molecule has 2 aromatic carbocycles. The van der Waals surface area contributed by atoms with Crippen molar-refractivity contribution in [3.63, 3.8) is 0 Å². The first-order valence-electron chi connectivity index (χ1n) is 5.95. The lowest BCUT2D eigenvalue weighted by molar-refractivity contribution is 0.416. The third kappa shape index (κ3) is 1.97. The van der Waals surface area contributed by atoms with E-state index in [4.69, 9.17) is 10.5 Å². The molecule has 0 radical (unpaired) electrons. The largest absolute Gasteiger partial charge is 0.496 e. The van der Waals surface area contributed by atoms with Crippen LogP contribution >= 0.6 is 0 Å². The number of anilines is 1. The van der Waals surface area contributed by atoms with Gasteiger partial charge in [0.2, 0.25) is 0 Å². The molecule has 0 unspecified atom stereocenters. The second-order valence-electron chi connectivity index (χ2n) is 4.15. The van der Waals surface area contributed by atoms with Gasteiger partial charge in [-0.3, -0.25) is 0 Å². The molecule has 4 heteroatoms. The van der Waals surface area contributed by atoms with E-state index in [2.05, 4.69) is 9.97 Å². The molecule has 0 amide bonds. The maximum atomic E-state index is 5.99. The Hall–Kier alpha value is -2.62. The highest BCUT2D eigenvalue weighted by molar-refractivity contribution is 5.89. The van der Waals surface area contributed by atoms with Gasteiger partial charge in [0.25, 0.3) is 0 Å². The highest BCUT2D eigenvalue weighted by Crippen LogP contribution is 2.29. The summed E-state index contributed by atoms with van der Waals surface area (Å²) in [5.74, 6) is 1.79. The number of benzene rings is 2. The molecular formula is C15H13N3O. The number of methoxy groups -OCH3 is 1. The van der Waals surface area contributed by atoms with Crippen LogP contribution in [0, 0.1) is 0 Å². The van der Waals surface area contributed by atoms with Crippen LogP contribution in [0.4, 0.5) is 5.82 Å². The van der Waals surface area contributed by atoms with Crippen molar-refractivity contribution in [3.8, 4) is 17.1 Å². The van der Waals surface area contributed by atoms with Gasteiger partial charge in [0, 0.05) is 5.39 Å². The molecule has 0 aliphatic rings. The third-order valence-electron chi connectivity index (χ3n) is 2.98. The molecule has 1 aromatic heterocycles. The number of nitrogen functional groups attached to an aromatic ring is 1. The molecule has 3 rings (SSSR count). The molecule has 0 aliphatic heterocycles. The zero-order valence-electron chi connectivity index (χ0n) is 10.5. The van der Waals surface area contributed by atoms with Gasteiger partial charge in [-0.25, -0.2) is 9.97 Å².